The van der Waals surface area contributed by atoms with Crippen molar-refractivity contribution >= 4 is 6.41 Å². The van der Waals surface area contributed by atoms with Gasteiger partial charge in [-0.05, 0) is 13.0 Å². The van der Waals surface area contributed by atoms with Crippen LogP contribution in [-0.2, 0) is 4.79 Å². The molecule has 0 spiro atoms. The second kappa shape index (κ2) is 3.72. The molecule has 0 bridgehead atoms. The summed E-state index contributed by atoms with van der Waals surface area (Å²) in [5.74, 6) is 0. The van der Waals surface area contributed by atoms with Crippen LogP contribution in [0.5, 0.6) is 0 Å². The van der Waals surface area contributed by atoms with Crippen molar-refractivity contribution in [1.82, 2.24) is 9.80 Å². The molecule has 64 valence electrons. The van der Waals surface area contributed by atoms with E-state index in [1.54, 1.807) is 4.90 Å². The Balaban J connectivity index is 2.34. The minimum atomic E-state index is 0.451. The topological polar surface area (TPSA) is 23.6 Å². The van der Waals surface area contributed by atoms with E-state index < -0.39 is 0 Å². The maximum atomic E-state index is 10.4. The van der Waals surface area contributed by atoms with Gasteiger partial charge in [-0.2, -0.15) is 0 Å². The largest absolute Gasteiger partial charge is 0.344 e. The van der Waals surface area contributed by atoms with Crippen LogP contribution in [0.4, 0.5) is 0 Å². The van der Waals surface area contributed by atoms with Crippen molar-refractivity contribution in [3.63, 3.8) is 0 Å². The molecule has 3 heteroatoms. The lowest BCUT2D eigenvalue weighted by molar-refractivity contribution is -0.118. The Morgan fingerprint density at radius 1 is 1.73 bits per heavy atom. The van der Waals surface area contributed by atoms with Crippen molar-refractivity contribution in [2.45, 2.75) is 19.4 Å². The predicted molar refractivity (Wildman–Crippen MR) is 44.3 cm³/mol. The molecule has 0 aliphatic carbocycles. The van der Waals surface area contributed by atoms with Crippen LogP contribution in [0.25, 0.3) is 0 Å². The van der Waals surface area contributed by atoms with Crippen LogP contribution in [-0.4, -0.2) is 48.9 Å². The highest BCUT2D eigenvalue weighted by Crippen LogP contribution is 2.11. The summed E-state index contributed by atoms with van der Waals surface area (Å²) >= 11 is 0. The summed E-state index contributed by atoms with van der Waals surface area (Å²) in [5.41, 5.74) is 0. The first-order valence-corrected chi connectivity index (χ1v) is 4.17. The Kier molecular flexibility index (Phi) is 2.88. The van der Waals surface area contributed by atoms with Crippen LogP contribution in [0.1, 0.15) is 13.3 Å². The molecule has 0 N–H and O–H groups in total. The first-order chi connectivity index (χ1) is 5.27. The van der Waals surface area contributed by atoms with Gasteiger partial charge in [0.15, 0.2) is 0 Å². The smallest absolute Gasteiger partial charge is 0.209 e. The fourth-order valence-corrected chi connectivity index (χ4v) is 1.52. The van der Waals surface area contributed by atoms with Gasteiger partial charge < -0.3 is 9.80 Å². The molecule has 1 heterocycles. The van der Waals surface area contributed by atoms with Gasteiger partial charge in [0.25, 0.3) is 0 Å². The minimum Gasteiger partial charge on any atom is -0.344 e. The molecule has 1 unspecified atom stereocenters. The van der Waals surface area contributed by atoms with Crippen LogP contribution >= 0.6 is 0 Å². The van der Waals surface area contributed by atoms with E-state index in [-0.39, 0.29) is 0 Å². The van der Waals surface area contributed by atoms with E-state index in [4.69, 9.17) is 0 Å². The summed E-state index contributed by atoms with van der Waals surface area (Å²) < 4.78 is 0. The van der Waals surface area contributed by atoms with Gasteiger partial charge in [-0.1, -0.05) is 6.92 Å². The number of nitrogens with zero attached hydrogens (tertiary/aromatic N) is 2. The summed E-state index contributed by atoms with van der Waals surface area (Å²) in [5, 5.41) is 0. The molecule has 1 atom stereocenters. The Morgan fingerprint density at radius 2 is 2.45 bits per heavy atom. The van der Waals surface area contributed by atoms with Crippen LogP contribution in [0, 0.1) is 0 Å². The second-order valence-electron chi connectivity index (χ2n) is 3.11. The van der Waals surface area contributed by atoms with E-state index in [1.807, 2.05) is 7.05 Å². The Bertz CT molecular complexity index is 138. The molecule has 1 saturated heterocycles. The van der Waals surface area contributed by atoms with Gasteiger partial charge in [0.2, 0.25) is 6.41 Å². The average Bonchev–Trinajstić information content (AvgIpc) is 2.50. The van der Waals surface area contributed by atoms with E-state index in [2.05, 4.69) is 11.8 Å². The number of carbonyl (C=O) groups excluding carboxylic acids is 1. The molecule has 0 aromatic carbocycles. The lowest BCUT2D eigenvalue weighted by Gasteiger charge is -2.19. The first kappa shape index (κ1) is 8.53. The quantitative estimate of drug-likeness (QED) is 0.544. The van der Waals surface area contributed by atoms with E-state index in [0.717, 1.165) is 32.5 Å². The van der Waals surface area contributed by atoms with Crippen LogP contribution in [0.2, 0.25) is 0 Å². The van der Waals surface area contributed by atoms with Crippen molar-refractivity contribution in [1.29, 1.82) is 0 Å². The molecular formula is C8H16N2O. The Morgan fingerprint density at radius 3 is 2.91 bits per heavy atom. The summed E-state index contributed by atoms with van der Waals surface area (Å²) in [6, 6.07) is 0.451. The summed E-state index contributed by atoms with van der Waals surface area (Å²) in [6.45, 7) is 5.44. The second-order valence-corrected chi connectivity index (χ2v) is 3.11. The van der Waals surface area contributed by atoms with Gasteiger partial charge in [0, 0.05) is 26.2 Å². The molecule has 0 aromatic rings. The zero-order valence-corrected chi connectivity index (χ0v) is 7.29. The molecule has 11 heavy (non-hydrogen) atoms. The van der Waals surface area contributed by atoms with Crippen molar-refractivity contribution in [2.75, 3.05) is 26.7 Å². The van der Waals surface area contributed by atoms with E-state index in [0.29, 0.717) is 6.04 Å². The van der Waals surface area contributed by atoms with Gasteiger partial charge in [0.05, 0.1) is 0 Å². The fourth-order valence-electron chi connectivity index (χ4n) is 1.52. The van der Waals surface area contributed by atoms with Crippen molar-refractivity contribution in [3.8, 4) is 0 Å². The molecular weight excluding hydrogens is 140 g/mol. The molecule has 3 nitrogen and oxygen atoms in total. The van der Waals surface area contributed by atoms with Crippen molar-refractivity contribution in [3.05, 3.63) is 0 Å². The molecule has 1 amide bonds. The number of likely N-dealkylation sites (N-methyl/N-ethyl adjacent to an activating group) is 2. The number of rotatable bonds is 3. The lowest BCUT2D eigenvalue weighted by atomic mass is 10.2. The molecule has 1 fully saturated rings. The number of amides is 1. The zero-order valence-electron chi connectivity index (χ0n) is 7.29. The molecule has 0 radical (unpaired) electrons. The lowest BCUT2D eigenvalue weighted by Crippen LogP contribution is -2.33. The van der Waals surface area contributed by atoms with Gasteiger partial charge in [-0.25, -0.2) is 0 Å². The van der Waals surface area contributed by atoms with Crippen LogP contribution < -0.4 is 0 Å². The van der Waals surface area contributed by atoms with Crippen LogP contribution in [0.15, 0.2) is 0 Å². The maximum Gasteiger partial charge on any atom is 0.209 e. The van der Waals surface area contributed by atoms with E-state index in [9.17, 15) is 4.79 Å². The van der Waals surface area contributed by atoms with Gasteiger partial charge in [0.1, 0.15) is 0 Å². The third-order valence-electron chi connectivity index (χ3n) is 2.44. The monoisotopic (exact) mass is 156 g/mol. The number of hydrogen-bond acceptors (Lipinski definition) is 2. The molecule has 1 aliphatic rings. The summed E-state index contributed by atoms with van der Waals surface area (Å²) in [6.07, 6.45) is 2.05. The van der Waals surface area contributed by atoms with Gasteiger partial charge in [-0.15, -0.1) is 0 Å². The molecule has 1 rings (SSSR count). The standard InChI is InChI=1S/C8H16N2O/c1-3-10-5-4-8(6-10)9(2)7-11/h7-8H,3-6H2,1-2H3. The molecule has 0 aromatic heterocycles. The van der Waals surface area contributed by atoms with Crippen molar-refractivity contribution < 1.29 is 4.79 Å². The molecule has 0 saturated carbocycles. The van der Waals surface area contributed by atoms with E-state index in [1.165, 1.54) is 0 Å². The van der Waals surface area contributed by atoms with Gasteiger partial charge >= 0.3 is 0 Å². The van der Waals surface area contributed by atoms with Gasteiger partial charge in [-0.3, -0.25) is 4.79 Å². The summed E-state index contributed by atoms with van der Waals surface area (Å²) in [4.78, 5) is 14.5. The fraction of sp³-hybridized carbons (Fsp3) is 0.875. The zero-order chi connectivity index (χ0) is 8.27. The average molecular weight is 156 g/mol. The Hall–Kier alpha value is -0.570. The Labute approximate surface area is 68.0 Å². The third kappa shape index (κ3) is 1.93. The third-order valence-corrected chi connectivity index (χ3v) is 2.44. The highest BCUT2D eigenvalue weighted by molar-refractivity contribution is 5.47. The van der Waals surface area contributed by atoms with Crippen LogP contribution in [0.3, 0.4) is 0 Å². The normalized spacial score (nSPS) is 25.5. The molecule has 1 aliphatic heterocycles. The highest BCUT2D eigenvalue weighted by atomic mass is 16.1. The maximum absolute atomic E-state index is 10.4. The first-order valence-electron chi connectivity index (χ1n) is 4.17. The highest BCUT2D eigenvalue weighted by Gasteiger charge is 2.23. The summed E-state index contributed by atoms with van der Waals surface area (Å²) in [7, 11) is 1.86. The van der Waals surface area contributed by atoms with E-state index >= 15 is 0 Å². The number of carbonyl (C=O) groups is 1. The number of likely N-dealkylation sites (tertiary alicyclic amines) is 1. The predicted octanol–water partition coefficient (Wildman–Crippen LogP) is 0.169. The SMILES string of the molecule is CCN1CCC(N(C)C=O)C1. The minimum absolute atomic E-state index is 0.451. The van der Waals surface area contributed by atoms with Crippen molar-refractivity contribution in [2.24, 2.45) is 0 Å². The number of hydrogen-bond donors (Lipinski definition) is 0.